The SMILES string of the molecule is CCCn1c(N)c(C(=O)COC(=O)/C=C/c2ccccc2C)c(=O)[nH]c1=O. The molecule has 1 heterocycles. The average Bonchev–Trinajstić information content (AvgIpc) is 2.62. The van der Waals surface area contributed by atoms with Gasteiger partial charge in [-0.2, -0.15) is 0 Å². The maximum atomic E-state index is 12.3. The molecule has 8 heteroatoms. The van der Waals surface area contributed by atoms with Crippen LogP contribution in [0.25, 0.3) is 6.08 Å². The second kappa shape index (κ2) is 8.79. The van der Waals surface area contributed by atoms with E-state index in [1.807, 2.05) is 38.1 Å². The van der Waals surface area contributed by atoms with E-state index in [0.29, 0.717) is 6.42 Å². The zero-order chi connectivity index (χ0) is 20.0. The smallest absolute Gasteiger partial charge is 0.331 e. The van der Waals surface area contributed by atoms with Crippen LogP contribution in [0.5, 0.6) is 0 Å². The molecule has 3 N–H and O–H groups in total. The Balaban J connectivity index is 2.11. The number of H-pyrrole nitrogens is 1. The van der Waals surface area contributed by atoms with Crippen molar-refractivity contribution in [1.29, 1.82) is 0 Å². The molecular formula is C19H21N3O5. The first-order valence-corrected chi connectivity index (χ1v) is 8.41. The number of Topliss-reactive ketones (excluding diaryl/α,β-unsaturated/α-hetero) is 1. The first-order valence-electron chi connectivity index (χ1n) is 8.41. The number of benzene rings is 1. The molecule has 0 aliphatic rings. The summed E-state index contributed by atoms with van der Waals surface area (Å²) in [5.74, 6) is -1.75. The van der Waals surface area contributed by atoms with Crippen LogP contribution in [-0.4, -0.2) is 27.9 Å². The molecule has 0 spiro atoms. The quantitative estimate of drug-likeness (QED) is 0.429. The summed E-state index contributed by atoms with van der Waals surface area (Å²) in [6.07, 6.45) is 3.36. The largest absolute Gasteiger partial charge is 0.454 e. The molecule has 0 unspecified atom stereocenters. The minimum absolute atomic E-state index is 0.234. The summed E-state index contributed by atoms with van der Waals surface area (Å²) >= 11 is 0. The van der Waals surface area contributed by atoms with Gasteiger partial charge in [-0.05, 0) is 30.5 Å². The van der Waals surface area contributed by atoms with E-state index in [9.17, 15) is 19.2 Å². The lowest BCUT2D eigenvalue weighted by Crippen LogP contribution is -2.37. The number of nitrogens with one attached hydrogen (secondary N) is 1. The maximum absolute atomic E-state index is 12.3. The predicted octanol–water partition coefficient (Wildman–Crippen LogP) is 1.28. The van der Waals surface area contributed by atoms with E-state index < -0.39 is 35.2 Å². The number of carbonyl (C=O) groups excluding carboxylic acids is 2. The van der Waals surface area contributed by atoms with Gasteiger partial charge in [-0.3, -0.25) is 19.1 Å². The highest BCUT2D eigenvalue weighted by Crippen LogP contribution is 2.09. The van der Waals surface area contributed by atoms with Gasteiger partial charge in [0.05, 0.1) is 0 Å². The Morgan fingerprint density at radius 1 is 1.26 bits per heavy atom. The number of aromatic nitrogens is 2. The van der Waals surface area contributed by atoms with Crippen LogP contribution < -0.4 is 17.0 Å². The van der Waals surface area contributed by atoms with E-state index in [0.717, 1.165) is 15.7 Å². The third-order valence-electron chi connectivity index (χ3n) is 3.90. The van der Waals surface area contributed by atoms with Gasteiger partial charge in [0.1, 0.15) is 11.4 Å². The number of nitrogens with zero attached hydrogens (tertiary/aromatic N) is 1. The second-order valence-corrected chi connectivity index (χ2v) is 5.89. The molecule has 0 aliphatic heterocycles. The second-order valence-electron chi connectivity index (χ2n) is 5.89. The van der Waals surface area contributed by atoms with Gasteiger partial charge in [-0.1, -0.05) is 31.2 Å². The fraction of sp³-hybridized carbons (Fsp3) is 0.263. The van der Waals surface area contributed by atoms with E-state index in [2.05, 4.69) is 4.98 Å². The van der Waals surface area contributed by atoms with Crippen molar-refractivity contribution in [3.63, 3.8) is 0 Å². The maximum Gasteiger partial charge on any atom is 0.331 e. The van der Waals surface area contributed by atoms with Crippen LogP contribution in [0.1, 0.15) is 34.8 Å². The third-order valence-corrected chi connectivity index (χ3v) is 3.90. The monoisotopic (exact) mass is 371 g/mol. The van der Waals surface area contributed by atoms with Crippen molar-refractivity contribution in [3.05, 3.63) is 67.9 Å². The summed E-state index contributed by atoms with van der Waals surface area (Å²) < 4.78 is 5.99. The van der Waals surface area contributed by atoms with E-state index in [-0.39, 0.29) is 12.4 Å². The van der Waals surface area contributed by atoms with Crippen molar-refractivity contribution in [2.24, 2.45) is 0 Å². The highest BCUT2D eigenvalue weighted by Gasteiger charge is 2.20. The van der Waals surface area contributed by atoms with Crippen LogP contribution in [0.2, 0.25) is 0 Å². The summed E-state index contributed by atoms with van der Waals surface area (Å²) in [7, 11) is 0. The first kappa shape index (κ1) is 19.9. The van der Waals surface area contributed by atoms with Crippen LogP contribution >= 0.6 is 0 Å². The number of anilines is 1. The zero-order valence-corrected chi connectivity index (χ0v) is 15.2. The summed E-state index contributed by atoms with van der Waals surface area (Å²) in [5, 5.41) is 0. The summed E-state index contributed by atoms with van der Waals surface area (Å²) in [6.45, 7) is 3.31. The molecule has 0 amide bonds. The molecular weight excluding hydrogens is 350 g/mol. The molecule has 0 atom stereocenters. The van der Waals surface area contributed by atoms with Gasteiger partial charge in [-0.15, -0.1) is 0 Å². The molecule has 0 aliphatic carbocycles. The zero-order valence-electron chi connectivity index (χ0n) is 15.2. The number of ketones is 1. The number of ether oxygens (including phenoxy) is 1. The van der Waals surface area contributed by atoms with Crippen molar-refractivity contribution in [3.8, 4) is 0 Å². The Bertz CT molecular complexity index is 1000. The molecule has 27 heavy (non-hydrogen) atoms. The molecule has 142 valence electrons. The molecule has 0 saturated heterocycles. The van der Waals surface area contributed by atoms with Crippen molar-refractivity contribution in [2.75, 3.05) is 12.3 Å². The molecule has 0 fully saturated rings. The number of nitrogen functional groups attached to an aromatic ring is 1. The molecule has 2 aromatic rings. The van der Waals surface area contributed by atoms with E-state index in [1.54, 1.807) is 6.08 Å². The molecule has 8 nitrogen and oxygen atoms in total. The Kier molecular flexibility index (Phi) is 6.48. The minimum atomic E-state index is -0.902. The van der Waals surface area contributed by atoms with Gasteiger partial charge in [0.15, 0.2) is 6.61 Å². The summed E-state index contributed by atoms with van der Waals surface area (Å²) in [4.78, 5) is 49.8. The summed E-state index contributed by atoms with van der Waals surface area (Å²) in [6, 6.07) is 7.45. The van der Waals surface area contributed by atoms with Crippen molar-refractivity contribution in [1.82, 2.24) is 9.55 Å². The van der Waals surface area contributed by atoms with Crippen molar-refractivity contribution in [2.45, 2.75) is 26.8 Å². The number of rotatable bonds is 7. The molecule has 1 aromatic carbocycles. The van der Waals surface area contributed by atoms with Crippen LogP contribution in [0.15, 0.2) is 39.9 Å². The molecule has 0 radical (unpaired) electrons. The lowest BCUT2D eigenvalue weighted by Gasteiger charge is -2.11. The fourth-order valence-corrected chi connectivity index (χ4v) is 2.49. The van der Waals surface area contributed by atoms with E-state index in [4.69, 9.17) is 10.5 Å². The molecule has 2 rings (SSSR count). The normalized spacial score (nSPS) is 10.9. The van der Waals surface area contributed by atoms with Gasteiger partial charge < -0.3 is 10.5 Å². The minimum Gasteiger partial charge on any atom is -0.454 e. The van der Waals surface area contributed by atoms with Gasteiger partial charge >= 0.3 is 11.7 Å². The average molecular weight is 371 g/mol. The topological polar surface area (TPSA) is 124 Å². The number of esters is 1. The third kappa shape index (κ3) is 4.81. The van der Waals surface area contributed by atoms with Crippen LogP contribution in [0.4, 0.5) is 5.82 Å². The number of carbonyl (C=O) groups is 2. The standard InChI is InChI=1S/C19H21N3O5/c1-3-10-22-17(20)16(18(25)21-19(22)26)14(23)11-27-15(24)9-8-13-7-5-4-6-12(13)2/h4-9H,3,10-11,20H2,1-2H3,(H,21,25,26)/b9-8+. The number of hydrogen-bond acceptors (Lipinski definition) is 6. The summed E-state index contributed by atoms with van der Waals surface area (Å²) in [5.41, 5.74) is 5.64. The van der Waals surface area contributed by atoms with Crippen LogP contribution in [0.3, 0.4) is 0 Å². The number of aryl methyl sites for hydroxylation is 1. The lowest BCUT2D eigenvalue weighted by atomic mass is 10.1. The van der Waals surface area contributed by atoms with Crippen LogP contribution in [-0.2, 0) is 16.1 Å². The highest BCUT2D eigenvalue weighted by molar-refractivity contribution is 6.01. The Morgan fingerprint density at radius 2 is 1.96 bits per heavy atom. The lowest BCUT2D eigenvalue weighted by molar-refractivity contribution is -0.136. The van der Waals surface area contributed by atoms with Gasteiger partial charge in [0, 0.05) is 12.6 Å². The first-order chi connectivity index (χ1) is 12.8. The van der Waals surface area contributed by atoms with Gasteiger partial charge in [0.25, 0.3) is 5.56 Å². The highest BCUT2D eigenvalue weighted by atomic mass is 16.5. The Morgan fingerprint density at radius 3 is 2.63 bits per heavy atom. The van der Waals surface area contributed by atoms with Gasteiger partial charge in [0.2, 0.25) is 5.78 Å². The van der Waals surface area contributed by atoms with E-state index >= 15 is 0 Å². The molecule has 0 bridgehead atoms. The number of aromatic amines is 1. The van der Waals surface area contributed by atoms with Crippen molar-refractivity contribution >= 4 is 23.6 Å². The fourth-order valence-electron chi connectivity index (χ4n) is 2.49. The predicted molar refractivity (Wildman–Crippen MR) is 102 cm³/mol. The molecule has 1 aromatic heterocycles. The van der Waals surface area contributed by atoms with Crippen LogP contribution in [0, 0.1) is 6.92 Å². The van der Waals surface area contributed by atoms with Crippen molar-refractivity contribution < 1.29 is 14.3 Å². The van der Waals surface area contributed by atoms with E-state index in [1.165, 1.54) is 6.08 Å². The van der Waals surface area contributed by atoms with Gasteiger partial charge in [-0.25, -0.2) is 9.59 Å². The number of nitrogens with two attached hydrogens (primary N) is 1. The Hall–Kier alpha value is -3.42. The molecule has 0 saturated carbocycles. The number of hydrogen-bond donors (Lipinski definition) is 2. The Labute approximate surface area is 155 Å².